The Hall–Kier alpha value is -1.55. The summed E-state index contributed by atoms with van der Waals surface area (Å²) in [7, 11) is 0. The standard InChI is InChI=1S/C21H34N4/c1-3-13-23-21(22-4-2)25-15-12-20-19(17-25)11-8-14-24(20)16-18-9-6-5-7-10-18/h5-7,9-10,19-20H,3-4,8,11-17H2,1-2H3,(H,22,23). The van der Waals surface area contributed by atoms with E-state index in [1.54, 1.807) is 0 Å². The van der Waals surface area contributed by atoms with Crippen LogP contribution in [0.3, 0.4) is 0 Å². The molecule has 4 nitrogen and oxygen atoms in total. The SMILES string of the molecule is CCCN=C(NCC)N1CCC2C(CCCN2Cc2ccccc2)C1. The number of guanidine groups is 1. The van der Waals surface area contributed by atoms with Gasteiger partial charge in [0, 0.05) is 38.8 Å². The van der Waals surface area contributed by atoms with E-state index in [4.69, 9.17) is 4.99 Å². The number of aliphatic imine (C=N–C) groups is 1. The second kappa shape index (κ2) is 9.23. The highest BCUT2D eigenvalue weighted by Crippen LogP contribution is 2.31. The Kier molecular flexibility index (Phi) is 6.74. The average molecular weight is 343 g/mol. The van der Waals surface area contributed by atoms with Crippen LogP contribution in [0.1, 0.15) is 45.1 Å². The number of benzene rings is 1. The van der Waals surface area contributed by atoms with E-state index in [2.05, 4.69) is 59.3 Å². The van der Waals surface area contributed by atoms with Gasteiger partial charge in [-0.2, -0.15) is 0 Å². The van der Waals surface area contributed by atoms with E-state index in [1.807, 2.05) is 0 Å². The third kappa shape index (κ3) is 4.75. The summed E-state index contributed by atoms with van der Waals surface area (Å²) in [5.74, 6) is 1.90. The van der Waals surface area contributed by atoms with Gasteiger partial charge in [-0.25, -0.2) is 0 Å². The van der Waals surface area contributed by atoms with Gasteiger partial charge in [-0.15, -0.1) is 0 Å². The smallest absolute Gasteiger partial charge is 0.193 e. The fourth-order valence-corrected chi connectivity index (χ4v) is 4.36. The highest BCUT2D eigenvalue weighted by atomic mass is 15.3. The molecule has 0 bridgehead atoms. The van der Waals surface area contributed by atoms with E-state index < -0.39 is 0 Å². The van der Waals surface area contributed by atoms with Gasteiger partial charge < -0.3 is 10.2 Å². The van der Waals surface area contributed by atoms with Gasteiger partial charge in [0.2, 0.25) is 0 Å². The number of fused-ring (bicyclic) bond motifs is 1. The predicted molar refractivity (Wildman–Crippen MR) is 106 cm³/mol. The molecule has 0 amide bonds. The second-order valence-electron chi connectivity index (χ2n) is 7.40. The van der Waals surface area contributed by atoms with Crippen LogP contribution in [0.4, 0.5) is 0 Å². The molecule has 3 rings (SSSR count). The molecule has 2 heterocycles. The maximum absolute atomic E-state index is 4.80. The number of nitrogens with zero attached hydrogens (tertiary/aromatic N) is 3. The summed E-state index contributed by atoms with van der Waals surface area (Å²) >= 11 is 0. The van der Waals surface area contributed by atoms with E-state index in [0.717, 1.165) is 57.1 Å². The lowest BCUT2D eigenvalue weighted by Gasteiger charge is -2.48. The highest BCUT2D eigenvalue weighted by molar-refractivity contribution is 5.80. The minimum absolute atomic E-state index is 0.735. The van der Waals surface area contributed by atoms with E-state index in [0.29, 0.717) is 0 Å². The third-order valence-electron chi connectivity index (χ3n) is 5.53. The quantitative estimate of drug-likeness (QED) is 0.658. The van der Waals surface area contributed by atoms with Crippen LogP contribution in [0.25, 0.3) is 0 Å². The number of likely N-dealkylation sites (tertiary alicyclic amines) is 2. The monoisotopic (exact) mass is 342 g/mol. The van der Waals surface area contributed by atoms with Gasteiger partial charge in [0.05, 0.1) is 0 Å². The zero-order valence-corrected chi connectivity index (χ0v) is 16.0. The Morgan fingerprint density at radius 2 is 2.00 bits per heavy atom. The molecule has 2 fully saturated rings. The number of nitrogens with one attached hydrogen (secondary N) is 1. The minimum atomic E-state index is 0.735. The Bertz CT molecular complexity index is 542. The first-order valence-corrected chi connectivity index (χ1v) is 10.1. The van der Waals surface area contributed by atoms with Crippen molar-refractivity contribution in [2.24, 2.45) is 10.9 Å². The Labute approximate surface area is 153 Å². The summed E-state index contributed by atoms with van der Waals surface area (Å²) in [6.07, 6.45) is 5.05. The van der Waals surface area contributed by atoms with Gasteiger partial charge in [-0.05, 0) is 50.6 Å². The van der Waals surface area contributed by atoms with Crippen molar-refractivity contribution in [2.75, 3.05) is 32.7 Å². The Morgan fingerprint density at radius 3 is 2.76 bits per heavy atom. The summed E-state index contributed by atoms with van der Waals surface area (Å²) in [6, 6.07) is 11.7. The lowest BCUT2D eigenvalue weighted by atomic mass is 9.83. The number of hydrogen-bond donors (Lipinski definition) is 1. The molecular formula is C21H34N4. The highest BCUT2D eigenvalue weighted by Gasteiger charge is 2.36. The van der Waals surface area contributed by atoms with Gasteiger partial charge in [0.1, 0.15) is 0 Å². The third-order valence-corrected chi connectivity index (χ3v) is 5.53. The molecule has 2 aliphatic heterocycles. The number of hydrogen-bond acceptors (Lipinski definition) is 2. The first kappa shape index (κ1) is 18.2. The fourth-order valence-electron chi connectivity index (χ4n) is 4.36. The molecule has 2 unspecified atom stereocenters. The molecule has 2 saturated heterocycles. The molecular weight excluding hydrogens is 308 g/mol. The molecule has 25 heavy (non-hydrogen) atoms. The molecule has 1 aromatic carbocycles. The number of piperidine rings is 2. The molecule has 2 atom stereocenters. The summed E-state index contributed by atoms with van der Waals surface area (Å²) in [5.41, 5.74) is 1.45. The van der Waals surface area contributed by atoms with Crippen molar-refractivity contribution in [1.29, 1.82) is 0 Å². The molecule has 0 aliphatic carbocycles. The van der Waals surface area contributed by atoms with Crippen molar-refractivity contribution in [3.63, 3.8) is 0 Å². The van der Waals surface area contributed by atoms with Crippen LogP contribution < -0.4 is 5.32 Å². The van der Waals surface area contributed by atoms with Crippen molar-refractivity contribution < 1.29 is 0 Å². The lowest BCUT2D eigenvalue weighted by molar-refractivity contribution is 0.0372. The normalized spacial score (nSPS) is 24.9. The van der Waals surface area contributed by atoms with Crippen molar-refractivity contribution in [3.05, 3.63) is 35.9 Å². The maximum atomic E-state index is 4.80. The molecule has 0 saturated carbocycles. The fraction of sp³-hybridized carbons (Fsp3) is 0.667. The lowest BCUT2D eigenvalue weighted by Crippen LogP contribution is -2.56. The van der Waals surface area contributed by atoms with Crippen LogP contribution in [-0.4, -0.2) is 54.5 Å². The summed E-state index contributed by atoms with van der Waals surface area (Å²) in [5, 5.41) is 3.50. The Morgan fingerprint density at radius 1 is 1.16 bits per heavy atom. The Balaban J connectivity index is 1.63. The van der Waals surface area contributed by atoms with Crippen LogP contribution in [0.2, 0.25) is 0 Å². The summed E-state index contributed by atoms with van der Waals surface area (Å²) in [4.78, 5) is 10.0. The zero-order valence-electron chi connectivity index (χ0n) is 16.0. The van der Waals surface area contributed by atoms with E-state index >= 15 is 0 Å². The molecule has 0 spiro atoms. The van der Waals surface area contributed by atoms with Crippen molar-refractivity contribution in [3.8, 4) is 0 Å². The van der Waals surface area contributed by atoms with Gasteiger partial charge >= 0.3 is 0 Å². The summed E-state index contributed by atoms with van der Waals surface area (Å²) in [6.45, 7) is 10.9. The molecule has 1 N–H and O–H groups in total. The largest absolute Gasteiger partial charge is 0.357 e. The topological polar surface area (TPSA) is 30.9 Å². The van der Waals surface area contributed by atoms with Crippen molar-refractivity contribution >= 4 is 5.96 Å². The molecule has 138 valence electrons. The van der Waals surface area contributed by atoms with Gasteiger partial charge in [-0.1, -0.05) is 37.3 Å². The van der Waals surface area contributed by atoms with Crippen LogP contribution in [0.15, 0.2) is 35.3 Å². The van der Waals surface area contributed by atoms with Gasteiger partial charge in [-0.3, -0.25) is 9.89 Å². The average Bonchev–Trinajstić information content (AvgIpc) is 2.66. The van der Waals surface area contributed by atoms with E-state index in [-0.39, 0.29) is 0 Å². The number of rotatable bonds is 5. The van der Waals surface area contributed by atoms with Gasteiger partial charge in [0.25, 0.3) is 0 Å². The van der Waals surface area contributed by atoms with Gasteiger partial charge in [0.15, 0.2) is 5.96 Å². The zero-order chi connectivity index (χ0) is 17.5. The van der Waals surface area contributed by atoms with E-state index in [9.17, 15) is 0 Å². The predicted octanol–water partition coefficient (Wildman–Crippen LogP) is 3.35. The van der Waals surface area contributed by atoms with Crippen LogP contribution in [-0.2, 0) is 6.54 Å². The molecule has 1 aromatic rings. The van der Waals surface area contributed by atoms with Crippen LogP contribution in [0, 0.1) is 5.92 Å². The second-order valence-corrected chi connectivity index (χ2v) is 7.40. The maximum Gasteiger partial charge on any atom is 0.193 e. The van der Waals surface area contributed by atoms with Crippen LogP contribution >= 0.6 is 0 Å². The van der Waals surface area contributed by atoms with Crippen molar-refractivity contribution in [1.82, 2.24) is 15.1 Å². The first-order chi connectivity index (χ1) is 12.3. The first-order valence-electron chi connectivity index (χ1n) is 10.1. The molecule has 2 aliphatic rings. The molecule has 0 aromatic heterocycles. The molecule has 4 heteroatoms. The molecule has 0 radical (unpaired) electrons. The van der Waals surface area contributed by atoms with Crippen molar-refractivity contribution in [2.45, 2.75) is 52.1 Å². The summed E-state index contributed by atoms with van der Waals surface area (Å²) < 4.78 is 0. The van der Waals surface area contributed by atoms with Crippen LogP contribution in [0.5, 0.6) is 0 Å². The minimum Gasteiger partial charge on any atom is -0.357 e. The van der Waals surface area contributed by atoms with E-state index in [1.165, 1.54) is 31.4 Å².